The van der Waals surface area contributed by atoms with Crippen LogP contribution in [0, 0.1) is 0 Å². The fourth-order valence-electron chi connectivity index (χ4n) is 2.18. The second-order valence-corrected chi connectivity index (χ2v) is 4.80. The van der Waals surface area contributed by atoms with Crippen molar-refractivity contribution in [3.63, 3.8) is 0 Å². The van der Waals surface area contributed by atoms with Crippen LogP contribution < -0.4 is 10.6 Å². The number of aromatic nitrogens is 2. The van der Waals surface area contributed by atoms with Gasteiger partial charge >= 0.3 is 0 Å². The third kappa shape index (κ3) is 4.03. The zero-order valence-corrected chi connectivity index (χ0v) is 12.1. The number of nitrogens with one attached hydrogen (secondary N) is 2. The molecule has 4 heteroatoms. The van der Waals surface area contributed by atoms with Crippen LogP contribution in [-0.4, -0.2) is 17.0 Å². The van der Waals surface area contributed by atoms with Crippen LogP contribution in [-0.2, 0) is 6.54 Å². The Balaban J connectivity index is 1.98. The Kier molecular flexibility index (Phi) is 5.50. The highest BCUT2D eigenvalue weighted by Crippen LogP contribution is 2.18. The van der Waals surface area contributed by atoms with Crippen LogP contribution in [0.2, 0.25) is 0 Å². The van der Waals surface area contributed by atoms with Crippen molar-refractivity contribution < 1.29 is 0 Å². The van der Waals surface area contributed by atoms with Gasteiger partial charge in [0.05, 0.1) is 0 Å². The smallest absolute Gasteiger partial charge is 0.222 e. The third-order valence-corrected chi connectivity index (χ3v) is 3.26. The van der Waals surface area contributed by atoms with Gasteiger partial charge in [0.1, 0.15) is 0 Å². The van der Waals surface area contributed by atoms with Gasteiger partial charge in [-0.25, -0.2) is 9.97 Å². The summed E-state index contributed by atoms with van der Waals surface area (Å²) in [6.07, 6.45) is 6.00. The zero-order chi connectivity index (χ0) is 14.2. The third-order valence-electron chi connectivity index (χ3n) is 3.26. The summed E-state index contributed by atoms with van der Waals surface area (Å²) < 4.78 is 0. The Labute approximate surface area is 120 Å². The van der Waals surface area contributed by atoms with Crippen molar-refractivity contribution in [3.05, 3.63) is 53.9 Å². The Bertz CT molecular complexity index is 496. The van der Waals surface area contributed by atoms with E-state index in [0.717, 1.165) is 24.9 Å². The van der Waals surface area contributed by atoms with Crippen molar-refractivity contribution in [1.29, 1.82) is 0 Å². The minimum Gasteiger partial charge on any atom is -0.357 e. The molecule has 0 aliphatic rings. The van der Waals surface area contributed by atoms with Crippen LogP contribution in [0.4, 0.5) is 5.95 Å². The molecule has 0 unspecified atom stereocenters. The maximum absolute atomic E-state index is 4.23. The van der Waals surface area contributed by atoms with Crippen molar-refractivity contribution in [2.45, 2.75) is 32.4 Å². The molecule has 0 radical (unpaired) electrons. The minimum absolute atomic E-state index is 0.380. The Morgan fingerprint density at radius 1 is 1.10 bits per heavy atom. The lowest BCUT2D eigenvalue weighted by Crippen LogP contribution is -2.21. The van der Waals surface area contributed by atoms with E-state index in [0.29, 0.717) is 12.0 Å². The van der Waals surface area contributed by atoms with Crippen molar-refractivity contribution in [2.24, 2.45) is 0 Å². The quantitative estimate of drug-likeness (QED) is 0.811. The van der Waals surface area contributed by atoms with E-state index >= 15 is 0 Å². The van der Waals surface area contributed by atoms with Gasteiger partial charge in [0.2, 0.25) is 5.95 Å². The summed E-state index contributed by atoms with van der Waals surface area (Å²) in [4.78, 5) is 8.46. The molecule has 0 aliphatic carbocycles. The molecular formula is C16H22N4. The standard InChI is InChI=1S/C16H22N4/c1-3-7-15(14-8-5-4-6-9-14)18-10-13-11-19-16(17-2)20-12-13/h4-6,8-9,11-12,15,18H,3,7,10H2,1-2H3,(H,17,19,20)/t15-/m0/s1. The summed E-state index contributed by atoms with van der Waals surface area (Å²) in [5.41, 5.74) is 2.43. The fourth-order valence-corrected chi connectivity index (χ4v) is 2.18. The highest BCUT2D eigenvalue weighted by atomic mass is 15.1. The van der Waals surface area contributed by atoms with Crippen LogP contribution >= 0.6 is 0 Å². The second kappa shape index (κ2) is 7.60. The lowest BCUT2D eigenvalue weighted by atomic mass is 10.0. The van der Waals surface area contributed by atoms with Gasteiger partial charge in [0.25, 0.3) is 0 Å². The van der Waals surface area contributed by atoms with Gasteiger partial charge in [0, 0.05) is 37.6 Å². The summed E-state index contributed by atoms with van der Waals surface area (Å²) in [5, 5.41) is 6.51. The summed E-state index contributed by atoms with van der Waals surface area (Å²) in [5.74, 6) is 0.655. The number of hydrogen-bond donors (Lipinski definition) is 2. The van der Waals surface area contributed by atoms with Crippen molar-refractivity contribution in [2.75, 3.05) is 12.4 Å². The molecule has 1 atom stereocenters. The first-order chi connectivity index (χ1) is 9.83. The maximum atomic E-state index is 4.23. The van der Waals surface area contributed by atoms with Gasteiger partial charge in [-0.3, -0.25) is 0 Å². The summed E-state index contributed by atoms with van der Waals surface area (Å²) >= 11 is 0. The lowest BCUT2D eigenvalue weighted by molar-refractivity contribution is 0.492. The normalized spacial score (nSPS) is 12.1. The molecule has 1 aromatic heterocycles. The number of anilines is 1. The van der Waals surface area contributed by atoms with Gasteiger partial charge in [-0.1, -0.05) is 43.7 Å². The van der Waals surface area contributed by atoms with Crippen molar-refractivity contribution >= 4 is 5.95 Å². The van der Waals surface area contributed by atoms with E-state index in [9.17, 15) is 0 Å². The van der Waals surface area contributed by atoms with Gasteiger partial charge in [-0.05, 0) is 12.0 Å². The number of rotatable bonds is 7. The minimum atomic E-state index is 0.380. The molecule has 2 aromatic rings. The first kappa shape index (κ1) is 14.5. The molecular weight excluding hydrogens is 248 g/mol. The van der Waals surface area contributed by atoms with E-state index in [1.165, 1.54) is 5.56 Å². The molecule has 0 saturated carbocycles. The van der Waals surface area contributed by atoms with Gasteiger partial charge < -0.3 is 10.6 Å². The van der Waals surface area contributed by atoms with Crippen molar-refractivity contribution in [1.82, 2.24) is 15.3 Å². The van der Waals surface area contributed by atoms with Crippen molar-refractivity contribution in [3.8, 4) is 0 Å². The van der Waals surface area contributed by atoms with Crippen LogP contribution in [0.25, 0.3) is 0 Å². The number of benzene rings is 1. The molecule has 0 amide bonds. The highest BCUT2D eigenvalue weighted by molar-refractivity contribution is 5.23. The predicted molar refractivity (Wildman–Crippen MR) is 82.5 cm³/mol. The van der Waals surface area contributed by atoms with Gasteiger partial charge in [-0.15, -0.1) is 0 Å². The molecule has 4 nitrogen and oxygen atoms in total. The maximum Gasteiger partial charge on any atom is 0.222 e. The van der Waals surface area contributed by atoms with E-state index in [-0.39, 0.29) is 0 Å². The summed E-state index contributed by atoms with van der Waals surface area (Å²) in [7, 11) is 1.82. The lowest BCUT2D eigenvalue weighted by Gasteiger charge is -2.18. The van der Waals surface area contributed by atoms with E-state index in [1.54, 1.807) is 0 Å². The molecule has 2 rings (SSSR count). The number of nitrogens with zero attached hydrogens (tertiary/aromatic N) is 2. The molecule has 106 valence electrons. The Morgan fingerprint density at radius 3 is 2.40 bits per heavy atom. The SMILES string of the molecule is CCC[C@H](NCc1cnc(NC)nc1)c1ccccc1. The van der Waals surface area contributed by atoms with E-state index in [1.807, 2.05) is 19.4 Å². The second-order valence-electron chi connectivity index (χ2n) is 4.80. The molecule has 0 aliphatic heterocycles. The molecule has 0 bridgehead atoms. The topological polar surface area (TPSA) is 49.8 Å². The summed E-state index contributed by atoms with van der Waals surface area (Å²) in [6.45, 7) is 2.99. The van der Waals surface area contributed by atoms with E-state index in [4.69, 9.17) is 0 Å². The van der Waals surface area contributed by atoms with E-state index in [2.05, 4.69) is 57.9 Å². The molecule has 0 fully saturated rings. The van der Waals surface area contributed by atoms with Gasteiger partial charge in [-0.2, -0.15) is 0 Å². The predicted octanol–water partition coefficient (Wildman–Crippen LogP) is 3.15. The van der Waals surface area contributed by atoms with Gasteiger partial charge in [0.15, 0.2) is 0 Å². The average molecular weight is 270 g/mol. The molecule has 0 saturated heterocycles. The molecule has 1 heterocycles. The van der Waals surface area contributed by atoms with Crippen LogP contribution in [0.1, 0.15) is 36.9 Å². The number of hydrogen-bond acceptors (Lipinski definition) is 4. The molecule has 20 heavy (non-hydrogen) atoms. The zero-order valence-electron chi connectivity index (χ0n) is 12.1. The van der Waals surface area contributed by atoms with Crippen LogP contribution in [0.15, 0.2) is 42.7 Å². The van der Waals surface area contributed by atoms with Crippen LogP contribution in [0.3, 0.4) is 0 Å². The monoisotopic (exact) mass is 270 g/mol. The average Bonchev–Trinajstić information content (AvgIpc) is 2.53. The van der Waals surface area contributed by atoms with E-state index < -0.39 is 0 Å². The first-order valence-electron chi connectivity index (χ1n) is 7.10. The first-order valence-corrected chi connectivity index (χ1v) is 7.10. The highest BCUT2D eigenvalue weighted by Gasteiger charge is 2.09. The Morgan fingerprint density at radius 2 is 1.80 bits per heavy atom. The molecule has 1 aromatic carbocycles. The fraction of sp³-hybridized carbons (Fsp3) is 0.375. The summed E-state index contributed by atoms with van der Waals surface area (Å²) in [6, 6.07) is 11.0. The molecule has 2 N–H and O–H groups in total. The largest absolute Gasteiger partial charge is 0.357 e. The van der Waals surface area contributed by atoms with Crippen LogP contribution in [0.5, 0.6) is 0 Å². The molecule has 0 spiro atoms. The Hall–Kier alpha value is -1.94.